The number of carbonyl (C=O) groups is 2. The molecule has 0 unspecified atom stereocenters. The molecule has 0 fully saturated rings. The Balaban J connectivity index is 1.84. The van der Waals surface area contributed by atoms with E-state index in [1.807, 2.05) is 43.3 Å². The normalized spacial score (nSPS) is 21.6. The Morgan fingerprint density at radius 3 is 2.45 bits per heavy atom. The summed E-state index contributed by atoms with van der Waals surface area (Å²) in [4.78, 5) is 26.0. The smallest absolute Gasteiger partial charge is 0.336 e. The molecule has 1 heterocycles. The van der Waals surface area contributed by atoms with Crippen molar-refractivity contribution in [3.8, 4) is 0 Å². The zero-order chi connectivity index (χ0) is 20.5. The van der Waals surface area contributed by atoms with Gasteiger partial charge in [0.05, 0.1) is 12.7 Å². The largest absolute Gasteiger partial charge is 0.466 e. The van der Waals surface area contributed by atoms with Crippen LogP contribution in [0.3, 0.4) is 0 Å². The summed E-state index contributed by atoms with van der Waals surface area (Å²) in [5, 5.41) is 3.85. The molecule has 5 heteroatoms. The molecule has 0 aromatic heterocycles. The lowest BCUT2D eigenvalue weighted by Gasteiger charge is -2.36. The Hall–Kier alpha value is -2.85. The van der Waals surface area contributed by atoms with Gasteiger partial charge in [-0.1, -0.05) is 60.1 Å². The van der Waals surface area contributed by atoms with Crippen molar-refractivity contribution in [1.29, 1.82) is 0 Å². The van der Waals surface area contributed by atoms with Gasteiger partial charge in [-0.25, -0.2) is 4.79 Å². The van der Waals surface area contributed by atoms with Crippen LogP contribution in [0.2, 0.25) is 5.02 Å². The molecule has 1 N–H and O–H groups in total. The van der Waals surface area contributed by atoms with Crippen LogP contribution in [0.1, 0.15) is 42.7 Å². The monoisotopic (exact) mass is 407 g/mol. The summed E-state index contributed by atoms with van der Waals surface area (Å²) in [5.41, 5.74) is 4.51. The number of halogens is 1. The predicted molar refractivity (Wildman–Crippen MR) is 112 cm³/mol. The molecule has 4 rings (SSSR count). The number of ketones is 1. The zero-order valence-electron chi connectivity index (χ0n) is 16.4. The molecule has 0 radical (unpaired) electrons. The third-order valence-electron chi connectivity index (χ3n) is 5.72. The average molecular weight is 408 g/mol. The van der Waals surface area contributed by atoms with Gasteiger partial charge in [-0.2, -0.15) is 0 Å². The van der Waals surface area contributed by atoms with Gasteiger partial charge < -0.3 is 10.1 Å². The fraction of sp³-hybridized carbons (Fsp3) is 0.250. The number of methoxy groups -OCH3 is 1. The summed E-state index contributed by atoms with van der Waals surface area (Å²) < 4.78 is 5.04. The van der Waals surface area contributed by atoms with Crippen LogP contribution >= 0.6 is 11.6 Å². The molecule has 2 aromatic rings. The van der Waals surface area contributed by atoms with Gasteiger partial charge in [0.25, 0.3) is 0 Å². The highest BCUT2D eigenvalue weighted by Crippen LogP contribution is 2.46. The molecule has 1 aliphatic heterocycles. The molecule has 0 saturated heterocycles. The van der Waals surface area contributed by atoms with Crippen LogP contribution in [0.15, 0.2) is 77.1 Å². The topological polar surface area (TPSA) is 55.4 Å². The van der Waals surface area contributed by atoms with Crippen molar-refractivity contribution in [2.24, 2.45) is 0 Å². The van der Waals surface area contributed by atoms with E-state index in [1.165, 1.54) is 7.11 Å². The van der Waals surface area contributed by atoms with Crippen LogP contribution in [0, 0.1) is 0 Å². The van der Waals surface area contributed by atoms with Gasteiger partial charge in [-0.3, -0.25) is 4.79 Å². The third-order valence-corrected chi connectivity index (χ3v) is 6.06. The SMILES string of the molecule is COC(=O)C1=C(C)NC2=C(C(=O)C[C@H](c3ccccc3)C2)[C@@H]1c1ccccc1Cl. The molecule has 29 heavy (non-hydrogen) atoms. The van der Waals surface area contributed by atoms with Crippen LogP contribution in [-0.2, 0) is 14.3 Å². The van der Waals surface area contributed by atoms with Crippen LogP contribution in [0.5, 0.6) is 0 Å². The molecule has 0 bridgehead atoms. The van der Waals surface area contributed by atoms with Gasteiger partial charge in [0.15, 0.2) is 5.78 Å². The molecule has 2 aromatic carbocycles. The number of rotatable bonds is 3. The first kappa shape index (κ1) is 19.5. The molecule has 148 valence electrons. The molecule has 0 amide bonds. The second kappa shape index (κ2) is 7.88. The summed E-state index contributed by atoms with van der Waals surface area (Å²) in [6.45, 7) is 1.84. The van der Waals surface area contributed by atoms with E-state index in [2.05, 4.69) is 17.4 Å². The van der Waals surface area contributed by atoms with Crippen molar-refractivity contribution in [2.45, 2.75) is 31.6 Å². The lowest BCUT2D eigenvalue weighted by molar-refractivity contribution is -0.136. The van der Waals surface area contributed by atoms with Crippen LogP contribution in [0.25, 0.3) is 0 Å². The first-order valence-corrected chi connectivity index (χ1v) is 10.0. The van der Waals surface area contributed by atoms with E-state index in [0.29, 0.717) is 34.7 Å². The first-order chi connectivity index (χ1) is 14.0. The molecular weight excluding hydrogens is 386 g/mol. The summed E-state index contributed by atoms with van der Waals surface area (Å²) in [5.74, 6) is -0.846. The minimum absolute atomic E-state index is 0.0337. The van der Waals surface area contributed by atoms with E-state index < -0.39 is 11.9 Å². The highest BCUT2D eigenvalue weighted by molar-refractivity contribution is 6.31. The van der Waals surface area contributed by atoms with Crippen LogP contribution in [-0.4, -0.2) is 18.9 Å². The maximum Gasteiger partial charge on any atom is 0.336 e. The number of dihydropyridines is 1. The van der Waals surface area contributed by atoms with Crippen LogP contribution in [0.4, 0.5) is 0 Å². The lowest BCUT2D eigenvalue weighted by atomic mass is 9.71. The van der Waals surface area contributed by atoms with E-state index in [9.17, 15) is 9.59 Å². The van der Waals surface area contributed by atoms with Crippen molar-refractivity contribution >= 4 is 23.4 Å². The Morgan fingerprint density at radius 1 is 1.07 bits per heavy atom. The van der Waals surface area contributed by atoms with Gasteiger partial charge in [-0.05, 0) is 36.5 Å². The molecule has 0 spiro atoms. The third kappa shape index (κ3) is 3.49. The summed E-state index contributed by atoms with van der Waals surface area (Å²) in [6.07, 6.45) is 1.11. The Kier molecular flexibility index (Phi) is 5.29. The van der Waals surface area contributed by atoms with E-state index in [-0.39, 0.29) is 11.7 Å². The molecule has 0 saturated carbocycles. The van der Waals surface area contributed by atoms with Gasteiger partial charge in [0, 0.05) is 34.3 Å². The standard InChI is InChI=1S/C24H22ClNO3/c1-14-21(24(28)29-2)22(17-10-6-7-11-18(17)25)23-19(26-14)12-16(13-20(23)27)15-8-4-3-5-9-15/h3-11,16,22,26H,12-13H2,1-2H3/t16-,22-/m1/s1. The second-order valence-corrected chi connectivity index (χ2v) is 7.85. The number of hydrogen-bond donors (Lipinski definition) is 1. The van der Waals surface area contributed by atoms with Gasteiger partial charge in [-0.15, -0.1) is 0 Å². The number of benzene rings is 2. The quantitative estimate of drug-likeness (QED) is 0.737. The molecule has 4 nitrogen and oxygen atoms in total. The minimum Gasteiger partial charge on any atom is -0.466 e. The number of allylic oxidation sites excluding steroid dienone is 3. The van der Waals surface area contributed by atoms with Gasteiger partial charge >= 0.3 is 5.97 Å². The van der Waals surface area contributed by atoms with Crippen LogP contribution < -0.4 is 5.32 Å². The van der Waals surface area contributed by atoms with E-state index in [4.69, 9.17) is 16.3 Å². The summed E-state index contributed by atoms with van der Waals surface area (Å²) >= 11 is 6.49. The maximum atomic E-state index is 13.4. The number of esters is 1. The van der Waals surface area contributed by atoms with Crippen molar-refractivity contribution < 1.29 is 14.3 Å². The van der Waals surface area contributed by atoms with Crippen molar-refractivity contribution in [2.75, 3.05) is 7.11 Å². The van der Waals surface area contributed by atoms with Crippen molar-refractivity contribution in [3.63, 3.8) is 0 Å². The molecule has 2 atom stereocenters. The maximum absolute atomic E-state index is 13.4. The molecule has 1 aliphatic carbocycles. The summed E-state index contributed by atoms with van der Waals surface area (Å²) in [7, 11) is 1.35. The number of hydrogen-bond acceptors (Lipinski definition) is 4. The minimum atomic E-state index is -0.531. The highest BCUT2D eigenvalue weighted by atomic mass is 35.5. The van der Waals surface area contributed by atoms with Gasteiger partial charge in [0.2, 0.25) is 0 Å². The Labute approximate surface area is 175 Å². The Bertz CT molecular complexity index is 1040. The second-order valence-electron chi connectivity index (χ2n) is 7.44. The fourth-order valence-electron chi connectivity index (χ4n) is 4.40. The summed E-state index contributed by atoms with van der Waals surface area (Å²) in [6, 6.07) is 17.4. The van der Waals surface area contributed by atoms with Gasteiger partial charge in [0.1, 0.15) is 0 Å². The fourth-order valence-corrected chi connectivity index (χ4v) is 4.65. The number of ether oxygens (including phenoxy) is 1. The number of nitrogens with one attached hydrogen (secondary N) is 1. The average Bonchev–Trinajstić information content (AvgIpc) is 2.73. The van der Waals surface area contributed by atoms with Crippen molar-refractivity contribution in [1.82, 2.24) is 5.32 Å². The molecular formula is C24H22ClNO3. The predicted octanol–water partition coefficient (Wildman–Crippen LogP) is 4.87. The highest BCUT2D eigenvalue weighted by Gasteiger charge is 2.41. The van der Waals surface area contributed by atoms with Crippen molar-refractivity contribution in [3.05, 3.63) is 93.3 Å². The molecule has 2 aliphatic rings. The zero-order valence-corrected chi connectivity index (χ0v) is 17.1. The number of Topliss-reactive ketones (excluding diaryl/α,β-unsaturated/α-hetero) is 1. The Morgan fingerprint density at radius 2 is 1.76 bits per heavy atom. The van der Waals surface area contributed by atoms with E-state index in [0.717, 1.165) is 16.8 Å². The van der Waals surface area contributed by atoms with E-state index >= 15 is 0 Å². The lowest BCUT2D eigenvalue weighted by Crippen LogP contribution is -2.36. The van der Waals surface area contributed by atoms with E-state index in [1.54, 1.807) is 6.07 Å². The first-order valence-electron chi connectivity index (χ1n) is 9.63. The number of carbonyl (C=O) groups excluding carboxylic acids is 2.